The number of non-ortho nitro benzene ring substituents is 1. The summed E-state index contributed by atoms with van der Waals surface area (Å²) in [6.45, 7) is 0. The number of nitriles is 1. The first-order valence-electron chi connectivity index (χ1n) is 5.61. The maximum atomic E-state index is 13.3. The van der Waals surface area contributed by atoms with E-state index in [1.54, 1.807) is 0 Å². The fourth-order valence-corrected chi connectivity index (χ4v) is 1.66. The van der Waals surface area contributed by atoms with Gasteiger partial charge in [0.15, 0.2) is 0 Å². The van der Waals surface area contributed by atoms with Crippen LogP contribution in [0, 0.1) is 27.3 Å². The molecule has 0 aliphatic rings. The number of nitrogens with one attached hydrogen (secondary N) is 1. The summed E-state index contributed by atoms with van der Waals surface area (Å²) >= 11 is 0. The summed E-state index contributed by atoms with van der Waals surface area (Å²) in [4.78, 5) is 21.9. The van der Waals surface area contributed by atoms with Gasteiger partial charge in [0, 0.05) is 18.7 Å². The number of hydrogen-bond donors (Lipinski definition) is 1. The van der Waals surface area contributed by atoms with Crippen molar-refractivity contribution in [3.63, 3.8) is 0 Å². The van der Waals surface area contributed by atoms with Gasteiger partial charge in [0.1, 0.15) is 23.3 Å². The molecule has 0 fully saturated rings. The Hall–Kier alpha value is -3.28. The van der Waals surface area contributed by atoms with Gasteiger partial charge in [-0.1, -0.05) is 0 Å². The smallest absolute Gasteiger partial charge is 0.273 e. The highest BCUT2D eigenvalue weighted by molar-refractivity contribution is 6.04. The molecular formula is C12H8FN5O3. The third-order valence-electron chi connectivity index (χ3n) is 2.65. The molecule has 0 saturated carbocycles. The molecule has 0 saturated heterocycles. The topological polar surface area (TPSA) is 114 Å². The number of nitrogens with zero attached hydrogens (tertiary/aromatic N) is 4. The zero-order valence-electron chi connectivity index (χ0n) is 10.7. The molecule has 8 nitrogen and oxygen atoms in total. The summed E-state index contributed by atoms with van der Waals surface area (Å²) in [5.41, 5.74) is -0.644. The zero-order valence-corrected chi connectivity index (χ0v) is 10.7. The largest absolute Gasteiger partial charge is 0.306 e. The standard InChI is InChI=1S/C12H8FN5O3/c1-17-11(8(5-14)6-15-17)16-12(19)7-2-9(13)4-10(3-7)18(20)21/h2-4,6H,1H3,(H,16,19). The van der Waals surface area contributed by atoms with Crippen molar-refractivity contribution in [3.05, 3.63) is 51.5 Å². The van der Waals surface area contributed by atoms with E-state index in [4.69, 9.17) is 5.26 Å². The Morgan fingerprint density at radius 3 is 2.86 bits per heavy atom. The molecule has 1 aromatic carbocycles. The van der Waals surface area contributed by atoms with E-state index in [-0.39, 0.29) is 16.9 Å². The second-order valence-corrected chi connectivity index (χ2v) is 4.05. The number of hydrogen-bond acceptors (Lipinski definition) is 5. The van der Waals surface area contributed by atoms with Crippen LogP contribution in [0.3, 0.4) is 0 Å². The number of rotatable bonds is 3. The molecule has 1 heterocycles. The summed E-state index contributed by atoms with van der Waals surface area (Å²) < 4.78 is 14.6. The van der Waals surface area contributed by atoms with Crippen LogP contribution in [0.25, 0.3) is 0 Å². The van der Waals surface area contributed by atoms with E-state index in [0.717, 1.165) is 12.1 Å². The van der Waals surface area contributed by atoms with Gasteiger partial charge >= 0.3 is 0 Å². The number of nitro groups is 1. The average Bonchev–Trinajstić information content (AvgIpc) is 2.78. The number of benzene rings is 1. The Kier molecular flexibility index (Phi) is 3.62. The van der Waals surface area contributed by atoms with Crippen molar-refractivity contribution >= 4 is 17.4 Å². The number of carbonyl (C=O) groups excluding carboxylic acids is 1. The van der Waals surface area contributed by atoms with Gasteiger partial charge in [-0.3, -0.25) is 19.6 Å². The molecule has 9 heteroatoms. The molecule has 21 heavy (non-hydrogen) atoms. The monoisotopic (exact) mass is 289 g/mol. The normalized spacial score (nSPS) is 9.95. The number of amides is 1. The summed E-state index contributed by atoms with van der Waals surface area (Å²) in [6, 6.07) is 4.35. The highest BCUT2D eigenvalue weighted by atomic mass is 19.1. The molecule has 1 N–H and O–H groups in total. The van der Waals surface area contributed by atoms with Crippen molar-refractivity contribution in [2.75, 3.05) is 5.32 Å². The molecule has 0 aliphatic carbocycles. The Labute approximate surface area is 117 Å². The van der Waals surface area contributed by atoms with Crippen LogP contribution in [-0.4, -0.2) is 20.6 Å². The van der Waals surface area contributed by atoms with Gasteiger partial charge in [0.25, 0.3) is 11.6 Å². The van der Waals surface area contributed by atoms with Crippen LogP contribution in [0.15, 0.2) is 24.4 Å². The molecule has 0 unspecified atom stereocenters. The summed E-state index contributed by atoms with van der Waals surface area (Å²) in [5.74, 6) is -1.56. The van der Waals surface area contributed by atoms with Gasteiger partial charge in [-0.2, -0.15) is 10.4 Å². The molecule has 0 spiro atoms. The first-order chi connectivity index (χ1) is 9.92. The summed E-state index contributed by atoms with van der Waals surface area (Å²) in [5, 5.41) is 25.7. The van der Waals surface area contributed by atoms with E-state index >= 15 is 0 Å². The molecular weight excluding hydrogens is 281 g/mol. The SMILES string of the molecule is Cn1ncc(C#N)c1NC(=O)c1cc(F)cc([N+](=O)[O-])c1. The van der Waals surface area contributed by atoms with Crippen LogP contribution in [0.5, 0.6) is 0 Å². The maximum absolute atomic E-state index is 13.3. The highest BCUT2D eigenvalue weighted by Gasteiger charge is 2.17. The van der Waals surface area contributed by atoms with Crippen molar-refractivity contribution in [1.82, 2.24) is 9.78 Å². The minimum atomic E-state index is -0.903. The second kappa shape index (κ2) is 5.38. The molecule has 2 aromatic rings. The van der Waals surface area contributed by atoms with Gasteiger partial charge in [-0.15, -0.1) is 0 Å². The highest BCUT2D eigenvalue weighted by Crippen LogP contribution is 2.19. The first-order valence-corrected chi connectivity index (χ1v) is 5.61. The lowest BCUT2D eigenvalue weighted by molar-refractivity contribution is -0.385. The fourth-order valence-electron chi connectivity index (χ4n) is 1.66. The molecule has 1 amide bonds. The Balaban J connectivity index is 2.35. The van der Waals surface area contributed by atoms with E-state index in [2.05, 4.69) is 10.4 Å². The second-order valence-electron chi connectivity index (χ2n) is 4.05. The maximum Gasteiger partial charge on any atom is 0.273 e. The van der Waals surface area contributed by atoms with E-state index in [9.17, 15) is 19.3 Å². The summed E-state index contributed by atoms with van der Waals surface area (Å²) in [6.07, 6.45) is 1.25. The number of aromatic nitrogens is 2. The minimum absolute atomic E-state index is 0.120. The molecule has 0 atom stereocenters. The third-order valence-corrected chi connectivity index (χ3v) is 2.65. The minimum Gasteiger partial charge on any atom is -0.306 e. The van der Waals surface area contributed by atoms with Crippen molar-refractivity contribution in [3.8, 4) is 6.07 Å². The number of nitro benzene ring substituents is 1. The van der Waals surface area contributed by atoms with Crippen LogP contribution in [-0.2, 0) is 7.05 Å². The van der Waals surface area contributed by atoms with Crippen molar-refractivity contribution in [2.24, 2.45) is 7.05 Å². The molecule has 0 aliphatic heterocycles. The van der Waals surface area contributed by atoms with Crippen molar-refractivity contribution < 1.29 is 14.1 Å². The van der Waals surface area contributed by atoms with Crippen molar-refractivity contribution in [1.29, 1.82) is 5.26 Å². The van der Waals surface area contributed by atoms with E-state index in [0.29, 0.717) is 6.07 Å². The lowest BCUT2D eigenvalue weighted by atomic mass is 10.2. The van der Waals surface area contributed by atoms with Crippen LogP contribution < -0.4 is 5.32 Å². The van der Waals surface area contributed by atoms with E-state index < -0.39 is 22.3 Å². The van der Waals surface area contributed by atoms with E-state index in [1.165, 1.54) is 17.9 Å². The van der Waals surface area contributed by atoms with E-state index in [1.807, 2.05) is 6.07 Å². The van der Waals surface area contributed by atoms with Crippen LogP contribution >= 0.6 is 0 Å². The average molecular weight is 289 g/mol. The molecule has 106 valence electrons. The number of anilines is 1. The van der Waals surface area contributed by atoms with Crippen LogP contribution in [0.2, 0.25) is 0 Å². The van der Waals surface area contributed by atoms with Gasteiger partial charge in [0.2, 0.25) is 0 Å². The van der Waals surface area contributed by atoms with Crippen molar-refractivity contribution in [2.45, 2.75) is 0 Å². The zero-order chi connectivity index (χ0) is 15.6. The van der Waals surface area contributed by atoms with Gasteiger partial charge in [-0.05, 0) is 6.07 Å². The van der Waals surface area contributed by atoms with Gasteiger partial charge in [0.05, 0.1) is 17.2 Å². The lowest BCUT2D eigenvalue weighted by Crippen LogP contribution is -2.16. The fraction of sp³-hybridized carbons (Fsp3) is 0.0833. The number of carbonyl (C=O) groups is 1. The van der Waals surface area contributed by atoms with Crippen LogP contribution in [0.1, 0.15) is 15.9 Å². The molecule has 0 radical (unpaired) electrons. The number of aryl methyl sites for hydroxylation is 1. The van der Waals surface area contributed by atoms with Crippen LogP contribution in [0.4, 0.5) is 15.9 Å². The quantitative estimate of drug-likeness (QED) is 0.680. The van der Waals surface area contributed by atoms with Gasteiger partial charge in [-0.25, -0.2) is 4.39 Å². The number of halogens is 1. The predicted molar refractivity (Wildman–Crippen MR) is 68.9 cm³/mol. The lowest BCUT2D eigenvalue weighted by Gasteiger charge is -2.06. The first kappa shape index (κ1) is 14.1. The molecule has 1 aromatic heterocycles. The summed E-state index contributed by atoms with van der Waals surface area (Å²) in [7, 11) is 1.50. The Morgan fingerprint density at radius 1 is 1.52 bits per heavy atom. The predicted octanol–water partition coefficient (Wildman–Crippen LogP) is 1.59. The molecule has 0 bridgehead atoms. The Morgan fingerprint density at radius 2 is 2.24 bits per heavy atom. The molecule has 2 rings (SSSR count). The Bertz CT molecular complexity index is 778. The third kappa shape index (κ3) is 2.84. The van der Waals surface area contributed by atoms with Gasteiger partial charge < -0.3 is 5.32 Å².